The normalized spacial score (nSPS) is 20.3. The summed E-state index contributed by atoms with van der Waals surface area (Å²) in [6, 6.07) is 8.16. The van der Waals surface area contributed by atoms with Gasteiger partial charge in [0.1, 0.15) is 0 Å². The monoisotopic (exact) mass is 485 g/mol. The lowest BCUT2D eigenvalue weighted by molar-refractivity contribution is -0.131. The molecule has 1 amide bonds. The van der Waals surface area contributed by atoms with Crippen molar-refractivity contribution in [2.75, 3.05) is 26.9 Å². The summed E-state index contributed by atoms with van der Waals surface area (Å²) in [4.78, 5) is 28.5. The topological polar surface area (TPSA) is 85.3 Å². The summed E-state index contributed by atoms with van der Waals surface area (Å²) < 4.78 is 17.2. The van der Waals surface area contributed by atoms with E-state index in [0.29, 0.717) is 41.7 Å². The minimum absolute atomic E-state index is 0.0871. The second-order valence-corrected chi connectivity index (χ2v) is 9.48. The third-order valence-corrected chi connectivity index (χ3v) is 7.10. The summed E-state index contributed by atoms with van der Waals surface area (Å²) in [7, 11) is 1.56. The molecular formula is C26H31NO6S. The number of rotatable bonds is 11. The van der Waals surface area contributed by atoms with Gasteiger partial charge < -0.3 is 24.2 Å². The lowest BCUT2D eigenvalue weighted by Gasteiger charge is -2.29. The van der Waals surface area contributed by atoms with Gasteiger partial charge in [0.15, 0.2) is 17.3 Å². The van der Waals surface area contributed by atoms with Crippen LogP contribution in [0.25, 0.3) is 0 Å². The summed E-state index contributed by atoms with van der Waals surface area (Å²) in [5, 5.41) is 12.6. The average Bonchev–Trinajstić information content (AvgIpc) is 3.61. The molecule has 1 fully saturated rings. The van der Waals surface area contributed by atoms with Crippen LogP contribution >= 0.6 is 11.3 Å². The van der Waals surface area contributed by atoms with Gasteiger partial charge in [0, 0.05) is 13.2 Å². The third kappa shape index (κ3) is 4.98. The van der Waals surface area contributed by atoms with Crippen LogP contribution in [-0.4, -0.2) is 54.7 Å². The zero-order valence-corrected chi connectivity index (χ0v) is 20.4. The summed E-state index contributed by atoms with van der Waals surface area (Å²) in [6.07, 6.45) is 4.77. The Morgan fingerprint density at radius 2 is 2.12 bits per heavy atom. The Morgan fingerprint density at radius 1 is 1.26 bits per heavy atom. The van der Waals surface area contributed by atoms with Gasteiger partial charge >= 0.3 is 0 Å². The van der Waals surface area contributed by atoms with Crippen molar-refractivity contribution in [3.63, 3.8) is 0 Å². The number of aliphatic hydroxyl groups is 1. The molecule has 3 heterocycles. The molecule has 8 heteroatoms. The molecule has 1 N–H and O–H groups in total. The zero-order valence-electron chi connectivity index (χ0n) is 19.6. The lowest BCUT2D eigenvalue weighted by Crippen LogP contribution is -2.37. The number of aliphatic hydroxyl groups excluding tert-OH is 1. The second kappa shape index (κ2) is 11.1. The minimum Gasteiger partial charge on any atom is -0.503 e. The van der Waals surface area contributed by atoms with Crippen molar-refractivity contribution in [2.24, 2.45) is 0 Å². The van der Waals surface area contributed by atoms with E-state index in [4.69, 9.17) is 14.2 Å². The third-order valence-electron chi connectivity index (χ3n) is 6.23. The molecule has 0 radical (unpaired) electrons. The van der Waals surface area contributed by atoms with Gasteiger partial charge in [-0.25, -0.2) is 0 Å². The summed E-state index contributed by atoms with van der Waals surface area (Å²) in [5.74, 6) is -0.274. The van der Waals surface area contributed by atoms with Crippen LogP contribution in [0.1, 0.15) is 60.3 Å². The summed E-state index contributed by atoms with van der Waals surface area (Å²) in [5.41, 5.74) is 0.761. The highest BCUT2D eigenvalue weighted by Gasteiger charge is 2.45. The standard InChI is InChI=1S/C26H31NO6S/c1-3-4-5-12-33-19-11-10-17(15-20(19)31-2)23-22(24(28)21-9-7-14-34-21)25(29)26(30)27(23)16-18-8-6-13-32-18/h7,9-11,14-15,18,23,29H,3-6,8,12-13,16H2,1-2H3. The van der Waals surface area contributed by atoms with E-state index in [1.807, 2.05) is 6.07 Å². The molecule has 2 aliphatic heterocycles. The number of benzene rings is 1. The highest BCUT2D eigenvalue weighted by atomic mass is 32.1. The predicted molar refractivity (Wildman–Crippen MR) is 130 cm³/mol. The van der Waals surface area contributed by atoms with Crippen molar-refractivity contribution in [2.45, 2.75) is 51.2 Å². The first-order chi connectivity index (χ1) is 16.5. The van der Waals surface area contributed by atoms with E-state index in [0.717, 1.165) is 32.1 Å². The number of amides is 1. The Labute approximate surface area is 203 Å². The number of unbranched alkanes of at least 4 members (excludes halogenated alkanes) is 2. The van der Waals surface area contributed by atoms with E-state index >= 15 is 0 Å². The van der Waals surface area contributed by atoms with Crippen molar-refractivity contribution in [3.8, 4) is 11.5 Å². The van der Waals surface area contributed by atoms with Gasteiger partial charge in [0.05, 0.1) is 36.3 Å². The van der Waals surface area contributed by atoms with Crippen LogP contribution in [0.4, 0.5) is 0 Å². The maximum Gasteiger partial charge on any atom is 0.290 e. The maximum absolute atomic E-state index is 13.4. The molecule has 7 nitrogen and oxygen atoms in total. The Morgan fingerprint density at radius 3 is 2.79 bits per heavy atom. The van der Waals surface area contributed by atoms with Gasteiger partial charge in [0.2, 0.25) is 5.78 Å². The van der Waals surface area contributed by atoms with Crippen LogP contribution in [0.3, 0.4) is 0 Å². The molecule has 1 saturated heterocycles. The second-order valence-electron chi connectivity index (χ2n) is 8.53. The zero-order chi connectivity index (χ0) is 24.1. The number of carbonyl (C=O) groups is 2. The molecule has 34 heavy (non-hydrogen) atoms. The molecule has 0 aliphatic carbocycles. The fraction of sp³-hybridized carbons (Fsp3) is 0.462. The molecule has 2 atom stereocenters. The Hall–Kier alpha value is -2.84. The van der Waals surface area contributed by atoms with Crippen LogP contribution in [0.2, 0.25) is 0 Å². The smallest absolute Gasteiger partial charge is 0.290 e. The van der Waals surface area contributed by atoms with Crippen LogP contribution in [-0.2, 0) is 9.53 Å². The number of thiophene rings is 1. The van der Waals surface area contributed by atoms with E-state index in [9.17, 15) is 14.7 Å². The van der Waals surface area contributed by atoms with Crippen LogP contribution < -0.4 is 9.47 Å². The largest absolute Gasteiger partial charge is 0.503 e. The molecule has 2 aromatic rings. The first-order valence-corrected chi connectivity index (χ1v) is 12.7. The number of ketones is 1. The van der Waals surface area contributed by atoms with Gasteiger partial charge in [-0.05, 0) is 48.4 Å². The van der Waals surface area contributed by atoms with E-state index < -0.39 is 17.7 Å². The highest BCUT2D eigenvalue weighted by molar-refractivity contribution is 7.12. The predicted octanol–water partition coefficient (Wildman–Crippen LogP) is 5.08. The van der Waals surface area contributed by atoms with Gasteiger partial charge in [-0.3, -0.25) is 9.59 Å². The van der Waals surface area contributed by atoms with Crippen LogP contribution in [0.15, 0.2) is 47.0 Å². The number of carbonyl (C=O) groups excluding carboxylic acids is 2. The molecule has 0 spiro atoms. The summed E-state index contributed by atoms with van der Waals surface area (Å²) >= 11 is 1.28. The van der Waals surface area contributed by atoms with Crippen molar-refractivity contribution < 1.29 is 28.9 Å². The number of nitrogens with zero attached hydrogens (tertiary/aromatic N) is 1. The molecule has 2 aliphatic rings. The first-order valence-electron chi connectivity index (χ1n) is 11.8. The lowest BCUT2D eigenvalue weighted by atomic mass is 9.95. The van der Waals surface area contributed by atoms with Gasteiger partial charge in [-0.15, -0.1) is 11.3 Å². The van der Waals surface area contributed by atoms with E-state index in [2.05, 4.69) is 6.92 Å². The molecule has 0 bridgehead atoms. The van der Waals surface area contributed by atoms with E-state index in [-0.39, 0.29) is 17.5 Å². The Bertz CT molecular complexity index is 1040. The van der Waals surface area contributed by atoms with Crippen molar-refractivity contribution in [3.05, 3.63) is 57.5 Å². The van der Waals surface area contributed by atoms with Crippen molar-refractivity contribution >= 4 is 23.0 Å². The fourth-order valence-electron chi connectivity index (χ4n) is 4.48. The molecule has 4 rings (SSSR count). The van der Waals surface area contributed by atoms with Crippen LogP contribution in [0, 0.1) is 0 Å². The molecule has 2 unspecified atom stereocenters. The number of hydrogen-bond donors (Lipinski definition) is 1. The maximum atomic E-state index is 13.4. The summed E-state index contributed by atoms with van der Waals surface area (Å²) in [6.45, 7) is 3.67. The molecule has 1 aromatic heterocycles. The van der Waals surface area contributed by atoms with Gasteiger partial charge in [0.25, 0.3) is 5.91 Å². The van der Waals surface area contributed by atoms with Gasteiger partial charge in [-0.2, -0.15) is 0 Å². The van der Waals surface area contributed by atoms with Crippen LogP contribution in [0.5, 0.6) is 11.5 Å². The Kier molecular flexibility index (Phi) is 7.90. The number of methoxy groups -OCH3 is 1. The molecule has 1 aromatic carbocycles. The minimum atomic E-state index is -0.741. The quantitative estimate of drug-likeness (QED) is 0.353. The van der Waals surface area contributed by atoms with E-state index in [1.54, 1.807) is 41.7 Å². The van der Waals surface area contributed by atoms with Crippen molar-refractivity contribution in [1.29, 1.82) is 0 Å². The first kappa shape index (κ1) is 24.3. The van der Waals surface area contributed by atoms with E-state index in [1.165, 1.54) is 11.3 Å². The average molecular weight is 486 g/mol. The highest BCUT2D eigenvalue weighted by Crippen LogP contribution is 2.42. The number of hydrogen-bond acceptors (Lipinski definition) is 7. The number of ether oxygens (including phenoxy) is 3. The Balaban J connectivity index is 1.69. The van der Waals surface area contributed by atoms with Gasteiger partial charge in [-0.1, -0.05) is 31.9 Å². The van der Waals surface area contributed by atoms with Crippen molar-refractivity contribution in [1.82, 2.24) is 4.90 Å². The fourth-order valence-corrected chi connectivity index (χ4v) is 5.15. The molecule has 182 valence electrons. The SMILES string of the molecule is CCCCCOc1ccc(C2C(C(=O)c3cccs3)=C(O)C(=O)N2CC2CCCO2)cc1OC. The number of Topliss-reactive ketones (excluding diaryl/α,β-unsaturated/α-hetero) is 1. The molecular weight excluding hydrogens is 454 g/mol. The molecule has 0 saturated carbocycles.